The quantitative estimate of drug-likeness (QED) is 0.907. The minimum Gasteiger partial charge on any atom is -0.369 e. The lowest BCUT2D eigenvalue weighted by atomic mass is 9.96. The van der Waals surface area contributed by atoms with Crippen molar-refractivity contribution in [2.24, 2.45) is 0 Å². The highest BCUT2D eigenvalue weighted by Gasteiger charge is 2.26. The van der Waals surface area contributed by atoms with Gasteiger partial charge in [0.25, 0.3) is 0 Å². The molecule has 0 spiro atoms. The van der Waals surface area contributed by atoms with E-state index < -0.39 is 0 Å². The number of aromatic nitrogens is 2. The molecule has 20 heavy (non-hydrogen) atoms. The van der Waals surface area contributed by atoms with Crippen molar-refractivity contribution in [2.45, 2.75) is 46.0 Å². The highest BCUT2D eigenvalue weighted by molar-refractivity contribution is 5.57. The van der Waals surface area contributed by atoms with Gasteiger partial charge in [-0.3, -0.25) is 0 Å². The molecule has 3 heteroatoms. The molecular weight excluding hydrogens is 246 g/mol. The van der Waals surface area contributed by atoms with Gasteiger partial charge in [0, 0.05) is 18.0 Å². The Kier molecular flexibility index (Phi) is 3.51. The molecule has 1 aliphatic rings. The number of nitrogens with one attached hydrogen (secondary N) is 1. The lowest BCUT2D eigenvalue weighted by molar-refractivity contribution is 0.607. The predicted molar refractivity (Wildman–Crippen MR) is 83.8 cm³/mol. The first kappa shape index (κ1) is 13.2. The lowest BCUT2D eigenvalue weighted by Gasteiger charge is -2.10. The van der Waals surface area contributed by atoms with Crippen LogP contribution in [0.2, 0.25) is 0 Å². The summed E-state index contributed by atoms with van der Waals surface area (Å²) in [6.07, 6.45) is 3.43. The van der Waals surface area contributed by atoms with Crippen LogP contribution >= 0.6 is 0 Å². The standard InChI is InChI=1S/C17H23N3/c1-4-13(5-2)16-15-10-11-18-17(15)20(19-16)14-8-6-12(3)7-9-14/h6-9,13,18H,4-5,10-11H2,1-3H3. The van der Waals surface area contributed by atoms with Crippen molar-refractivity contribution in [1.29, 1.82) is 0 Å². The molecule has 1 N–H and O–H groups in total. The fourth-order valence-corrected chi connectivity index (χ4v) is 3.08. The maximum Gasteiger partial charge on any atom is 0.133 e. The Hall–Kier alpha value is -1.77. The summed E-state index contributed by atoms with van der Waals surface area (Å²) < 4.78 is 2.09. The molecule has 1 aromatic heterocycles. The minimum atomic E-state index is 0.579. The van der Waals surface area contributed by atoms with Crippen molar-refractivity contribution >= 4 is 5.82 Å². The van der Waals surface area contributed by atoms with Crippen molar-refractivity contribution in [3.05, 3.63) is 41.1 Å². The van der Waals surface area contributed by atoms with Crippen LogP contribution in [0.5, 0.6) is 0 Å². The Morgan fingerprint density at radius 2 is 1.90 bits per heavy atom. The summed E-state index contributed by atoms with van der Waals surface area (Å²) >= 11 is 0. The number of benzene rings is 1. The molecule has 2 heterocycles. The summed E-state index contributed by atoms with van der Waals surface area (Å²) in [7, 11) is 0. The van der Waals surface area contributed by atoms with Crippen LogP contribution < -0.4 is 5.32 Å². The van der Waals surface area contributed by atoms with Crippen LogP contribution in [-0.4, -0.2) is 16.3 Å². The van der Waals surface area contributed by atoms with E-state index in [9.17, 15) is 0 Å². The zero-order valence-electron chi connectivity index (χ0n) is 12.6. The van der Waals surface area contributed by atoms with Crippen LogP contribution in [0.4, 0.5) is 5.82 Å². The van der Waals surface area contributed by atoms with Gasteiger partial charge < -0.3 is 5.32 Å². The fourth-order valence-electron chi connectivity index (χ4n) is 3.08. The second-order valence-corrected chi connectivity index (χ2v) is 5.65. The zero-order valence-corrected chi connectivity index (χ0v) is 12.6. The minimum absolute atomic E-state index is 0.579. The van der Waals surface area contributed by atoms with Crippen molar-refractivity contribution in [3.63, 3.8) is 0 Å². The van der Waals surface area contributed by atoms with Gasteiger partial charge in [-0.25, -0.2) is 4.68 Å². The second kappa shape index (κ2) is 5.31. The average molecular weight is 269 g/mol. The second-order valence-electron chi connectivity index (χ2n) is 5.65. The van der Waals surface area contributed by atoms with Crippen LogP contribution in [0, 0.1) is 6.92 Å². The third-order valence-corrected chi connectivity index (χ3v) is 4.33. The predicted octanol–water partition coefficient (Wildman–Crippen LogP) is 4.05. The van der Waals surface area contributed by atoms with Gasteiger partial charge in [-0.05, 0) is 38.3 Å². The van der Waals surface area contributed by atoms with Crippen molar-refractivity contribution in [1.82, 2.24) is 9.78 Å². The molecule has 0 amide bonds. The van der Waals surface area contributed by atoms with E-state index in [0.717, 1.165) is 31.5 Å². The van der Waals surface area contributed by atoms with Gasteiger partial charge in [-0.2, -0.15) is 5.10 Å². The van der Waals surface area contributed by atoms with Gasteiger partial charge in [0.15, 0.2) is 0 Å². The molecule has 0 radical (unpaired) electrons. The van der Waals surface area contributed by atoms with Crippen molar-refractivity contribution < 1.29 is 0 Å². The van der Waals surface area contributed by atoms with E-state index in [1.165, 1.54) is 22.6 Å². The Morgan fingerprint density at radius 1 is 1.20 bits per heavy atom. The van der Waals surface area contributed by atoms with Gasteiger partial charge in [0.2, 0.25) is 0 Å². The molecule has 0 fully saturated rings. The van der Waals surface area contributed by atoms with E-state index in [2.05, 4.69) is 55.0 Å². The lowest BCUT2D eigenvalue weighted by Crippen LogP contribution is -2.06. The van der Waals surface area contributed by atoms with E-state index in [0.29, 0.717) is 5.92 Å². The smallest absolute Gasteiger partial charge is 0.133 e. The highest BCUT2D eigenvalue weighted by atomic mass is 15.3. The molecule has 3 rings (SSSR count). The van der Waals surface area contributed by atoms with Crippen LogP contribution in [0.15, 0.2) is 24.3 Å². The molecule has 1 aliphatic heterocycles. The molecule has 0 unspecified atom stereocenters. The van der Waals surface area contributed by atoms with Gasteiger partial charge in [-0.15, -0.1) is 0 Å². The van der Waals surface area contributed by atoms with Crippen LogP contribution in [0.25, 0.3) is 5.69 Å². The Labute approximate surface area is 121 Å². The fraction of sp³-hybridized carbons (Fsp3) is 0.471. The van der Waals surface area contributed by atoms with Crippen molar-refractivity contribution in [3.8, 4) is 5.69 Å². The first-order chi connectivity index (χ1) is 9.74. The molecule has 0 saturated heterocycles. The first-order valence-corrected chi connectivity index (χ1v) is 7.67. The number of nitrogens with zero attached hydrogens (tertiary/aromatic N) is 2. The Bertz CT molecular complexity index is 591. The summed E-state index contributed by atoms with van der Waals surface area (Å²) in [4.78, 5) is 0. The molecule has 1 aromatic carbocycles. The Morgan fingerprint density at radius 3 is 2.55 bits per heavy atom. The van der Waals surface area contributed by atoms with Crippen LogP contribution in [-0.2, 0) is 6.42 Å². The number of anilines is 1. The summed E-state index contributed by atoms with van der Waals surface area (Å²) in [5.74, 6) is 1.78. The maximum atomic E-state index is 4.93. The summed E-state index contributed by atoms with van der Waals surface area (Å²) in [5, 5.41) is 8.43. The van der Waals surface area contributed by atoms with Gasteiger partial charge in [0.05, 0.1) is 11.4 Å². The maximum absolute atomic E-state index is 4.93. The normalized spacial score (nSPS) is 13.6. The van der Waals surface area contributed by atoms with E-state index in [-0.39, 0.29) is 0 Å². The van der Waals surface area contributed by atoms with E-state index in [4.69, 9.17) is 5.10 Å². The first-order valence-electron chi connectivity index (χ1n) is 7.67. The van der Waals surface area contributed by atoms with Gasteiger partial charge in [-0.1, -0.05) is 31.5 Å². The number of rotatable bonds is 4. The molecule has 0 aliphatic carbocycles. The number of fused-ring (bicyclic) bond motifs is 1. The van der Waals surface area contributed by atoms with Crippen LogP contribution in [0.3, 0.4) is 0 Å². The highest BCUT2D eigenvalue weighted by Crippen LogP contribution is 2.34. The zero-order chi connectivity index (χ0) is 14.1. The number of hydrogen-bond donors (Lipinski definition) is 1. The molecule has 2 aromatic rings. The molecule has 106 valence electrons. The van der Waals surface area contributed by atoms with E-state index in [1.807, 2.05) is 0 Å². The molecule has 0 bridgehead atoms. The summed E-state index contributed by atoms with van der Waals surface area (Å²) in [6.45, 7) is 7.67. The van der Waals surface area contributed by atoms with E-state index in [1.54, 1.807) is 0 Å². The van der Waals surface area contributed by atoms with Crippen molar-refractivity contribution in [2.75, 3.05) is 11.9 Å². The van der Waals surface area contributed by atoms with Gasteiger partial charge in [0.1, 0.15) is 5.82 Å². The third-order valence-electron chi connectivity index (χ3n) is 4.33. The molecule has 3 nitrogen and oxygen atoms in total. The largest absolute Gasteiger partial charge is 0.369 e. The topological polar surface area (TPSA) is 29.9 Å². The summed E-state index contributed by atoms with van der Waals surface area (Å²) in [6, 6.07) is 8.60. The summed E-state index contributed by atoms with van der Waals surface area (Å²) in [5.41, 5.74) is 5.17. The number of aryl methyl sites for hydroxylation is 1. The number of hydrogen-bond acceptors (Lipinski definition) is 2. The van der Waals surface area contributed by atoms with Gasteiger partial charge >= 0.3 is 0 Å². The monoisotopic (exact) mass is 269 g/mol. The molecular formula is C17H23N3. The molecule has 0 saturated carbocycles. The SMILES string of the molecule is CCC(CC)c1nn(-c2ccc(C)cc2)c2c1CCN2. The molecule has 0 atom stereocenters. The third kappa shape index (κ3) is 2.11. The van der Waals surface area contributed by atoms with E-state index >= 15 is 0 Å². The van der Waals surface area contributed by atoms with Crippen LogP contribution in [0.1, 0.15) is 49.4 Å². The average Bonchev–Trinajstić information content (AvgIpc) is 3.05. The Balaban J connectivity index is 2.08.